The lowest BCUT2D eigenvalue weighted by Crippen LogP contribution is -2.72. The largest absolute Gasteiger partial charge is 0.469 e. The van der Waals surface area contributed by atoms with E-state index in [4.69, 9.17) is 4.74 Å². The van der Waals surface area contributed by atoms with Crippen molar-refractivity contribution in [1.82, 2.24) is 0 Å². The molecule has 20 heavy (non-hydrogen) atoms. The minimum Gasteiger partial charge on any atom is -0.469 e. The van der Waals surface area contributed by atoms with E-state index in [1.54, 1.807) is 0 Å². The number of methoxy groups -OCH3 is 1. The Morgan fingerprint density at radius 3 is 2.45 bits per heavy atom. The highest BCUT2D eigenvalue weighted by Gasteiger charge is 2.40. The van der Waals surface area contributed by atoms with Crippen LogP contribution in [0.15, 0.2) is 29.2 Å². The molecule has 1 aliphatic carbocycles. The number of carbonyl (C=O) groups excluding carboxylic acids is 1. The van der Waals surface area contributed by atoms with Crippen LogP contribution in [0.3, 0.4) is 0 Å². The van der Waals surface area contributed by atoms with Crippen molar-refractivity contribution in [3.8, 4) is 0 Å². The van der Waals surface area contributed by atoms with Gasteiger partial charge in [-0.2, -0.15) is 0 Å². The van der Waals surface area contributed by atoms with Gasteiger partial charge in [0.1, 0.15) is 5.54 Å². The number of rotatable bonds is 3. The van der Waals surface area contributed by atoms with Crippen molar-refractivity contribution >= 4 is 18.6 Å². The Kier molecular flexibility index (Phi) is 4.76. The van der Waals surface area contributed by atoms with Crippen LogP contribution in [0, 0.1) is 11.8 Å². The maximum absolute atomic E-state index is 11.6. The first-order valence-corrected chi connectivity index (χ1v) is 7.63. The van der Waals surface area contributed by atoms with Crippen LogP contribution in [-0.2, 0) is 15.1 Å². The molecule has 0 amide bonds. The third kappa shape index (κ3) is 3.01. The van der Waals surface area contributed by atoms with Gasteiger partial charge in [0.25, 0.3) is 0 Å². The molecule has 1 saturated carbocycles. The minimum absolute atomic E-state index is 0.0659. The average molecular weight is 294 g/mol. The molecule has 1 unspecified atom stereocenters. The van der Waals surface area contributed by atoms with E-state index < -0.39 is 0 Å². The van der Waals surface area contributed by atoms with Gasteiger partial charge in [0.15, 0.2) is 0 Å². The van der Waals surface area contributed by atoms with Crippen molar-refractivity contribution in [3.63, 3.8) is 0 Å². The van der Waals surface area contributed by atoms with Crippen molar-refractivity contribution in [2.45, 2.75) is 43.0 Å². The number of quaternary nitrogens is 1. The summed E-state index contributed by atoms with van der Waals surface area (Å²) in [5, 5.41) is 0. The summed E-state index contributed by atoms with van der Waals surface area (Å²) < 4.78 is 4.85. The molecule has 0 radical (unpaired) electrons. The Balaban J connectivity index is 2.09. The van der Waals surface area contributed by atoms with Crippen molar-refractivity contribution in [2.24, 2.45) is 11.8 Å². The fourth-order valence-corrected chi connectivity index (χ4v) is 3.73. The molecule has 1 fully saturated rings. The van der Waals surface area contributed by atoms with Gasteiger partial charge in [-0.15, -0.1) is 12.6 Å². The van der Waals surface area contributed by atoms with Gasteiger partial charge >= 0.3 is 5.97 Å². The third-order valence-electron chi connectivity index (χ3n) is 4.68. The zero-order chi connectivity index (χ0) is 14.8. The SMILES string of the molecule is COC(=O)C1CCC(C(C)([NH3+])c2ccccc2S)CC1. The summed E-state index contributed by atoms with van der Waals surface area (Å²) in [5.41, 5.74) is 5.50. The van der Waals surface area contributed by atoms with E-state index in [0.717, 1.165) is 30.6 Å². The molecule has 0 bridgehead atoms. The van der Waals surface area contributed by atoms with E-state index >= 15 is 0 Å². The highest BCUT2D eigenvalue weighted by Crippen LogP contribution is 2.40. The number of thiol groups is 1. The number of ether oxygens (including phenoxy) is 1. The first-order chi connectivity index (χ1) is 9.46. The Morgan fingerprint density at radius 2 is 1.90 bits per heavy atom. The predicted molar refractivity (Wildman–Crippen MR) is 81.4 cm³/mol. The number of carbonyl (C=O) groups is 1. The summed E-state index contributed by atoms with van der Waals surface area (Å²) in [6, 6.07) is 8.16. The summed E-state index contributed by atoms with van der Waals surface area (Å²) in [5.74, 6) is 0.485. The van der Waals surface area contributed by atoms with Gasteiger partial charge in [-0.3, -0.25) is 4.79 Å². The lowest BCUT2D eigenvalue weighted by atomic mass is 9.70. The molecular formula is C16H24NO2S+. The second kappa shape index (κ2) is 6.19. The molecule has 4 heteroatoms. The second-order valence-electron chi connectivity index (χ2n) is 6.01. The third-order valence-corrected chi connectivity index (χ3v) is 5.07. The molecular weight excluding hydrogens is 270 g/mol. The van der Waals surface area contributed by atoms with Crippen LogP contribution in [0.2, 0.25) is 0 Å². The van der Waals surface area contributed by atoms with E-state index in [9.17, 15) is 4.79 Å². The molecule has 1 aromatic carbocycles. The molecule has 0 spiro atoms. The number of esters is 1. The van der Waals surface area contributed by atoms with Crippen molar-refractivity contribution in [2.75, 3.05) is 7.11 Å². The molecule has 110 valence electrons. The first-order valence-electron chi connectivity index (χ1n) is 7.18. The standard InChI is InChI=1S/C16H23NO2S/c1-16(17,13-5-3-4-6-14(13)20)12-9-7-11(8-10-12)15(18)19-2/h3-6,11-12,20H,7-10,17H2,1-2H3/p+1. The van der Waals surface area contributed by atoms with E-state index in [2.05, 4.69) is 31.4 Å². The lowest BCUT2D eigenvalue weighted by molar-refractivity contribution is -0.499. The second-order valence-corrected chi connectivity index (χ2v) is 6.49. The summed E-state index contributed by atoms with van der Waals surface area (Å²) in [6.45, 7) is 2.19. The molecule has 1 aliphatic rings. The molecule has 3 N–H and O–H groups in total. The van der Waals surface area contributed by atoms with Gasteiger partial charge in [0.05, 0.1) is 13.0 Å². The number of benzene rings is 1. The topological polar surface area (TPSA) is 53.9 Å². The summed E-state index contributed by atoms with van der Waals surface area (Å²) in [4.78, 5) is 12.6. The van der Waals surface area contributed by atoms with Crippen LogP contribution in [0.4, 0.5) is 0 Å². The van der Waals surface area contributed by atoms with E-state index in [0.29, 0.717) is 5.92 Å². The first kappa shape index (κ1) is 15.4. The Bertz CT molecular complexity index is 479. The number of hydrogen-bond acceptors (Lipinski definition) is 3. The molecule has 3 nitrogen and oxygen atoms in total. The predicted octanol–water partition coefficient (Wildman–Crippen LogP) is 2.41. The summed E-state index contributed by atoms with van der Waals surface area (Å²) in [7, 11) is 1.47. The molecule has 0 aromatic heterocycles. The van der Waals surface area contributed by atoms with Gasteiger partial charge in [0, 0.05) is 16.4 Å². The van der Waals surface area contributed by atoms with E-state index in [1.807, 2.05) is 18.2 Å². The quantitative estimate of drug-likeness (QED) is 0.664. The zero-order valence-electron chi connectivity index (χ0n) is 12.3. The van der Waals surface area contributed by atoms with Crippen LogP contribution >= 0.6 is 12.6 Å². The normalized spacial score (nSPS) is 25.8. The van der Waals surface area contributed by atoms with Crippen LogP contribution < -0.4 is 5.73 Å². The van der Waals surface area contributed by atoms with Crippen LogP contribution in [0.5, 0.6) is 0 Å². The fraction of sp³-hybridized carbons (Fsp3) is 0.562. The van der Waals surface area contributed by atoms with Gasteiger partial charge in [-0.05, 0) is 38.7 Å². The average Bonchev–Trinajstić information content (AvgIpc) is 2.47. The highest BCUT2D eigenvalue weighted by atomic mass is 32.1. The summed E-state index contributed by atoms with van der Waals surface area (Å²) in [6.07, 6.45) is 3.83. The van der Waals surface area contributed by atoms with Gasteiger partial charge in [0.2, 0.25) is 0 Å². The Morgan fingerprint density at radius 1 is 1.30 bits per heavy atom. The Labute approximate surface area is 126 Å². The van der Waals surface area contributed by atoms with Crippen LogP contribution in [0.25, 0.3) is 0 Å². The van der Waals surface area contributed by atoms with E-state index in [1.165, 1.54) is 12.7 Å². The fourth-order valence-electron chi connectivity index (χ4n) is 3.31. The monoisotopic (exact) mass is 294 g/mol. The van der Waals surface area contributed by atoms with Gasteiger partial charge in [-0.1, -0.05) is 18.2 Å². The Hall–Kier alpha value is -1.00. The molecule has 0 aliphatic heterocycles. The zero-order valence-corrected chi connectivity index (χ0v) is 13.2. The van der Waals surface area contributed by atoms with E-state index in [-0.39, 0.29) is 17.4 Å². The van der Waals surface area contributed by atoms with Crippen molar-refractivity contribution in [3.05, 3.63) is 29.8 Å². The van der Waals surface area contributed by atoms with Gasteiger partial charge in [-0.25, -0.2) is 0 Å². The van der Waals surface area contributed by atoms with Crippen LogP contribution in [0.1, 0.15) is 38.2 Å². The molecule has 1 aromatic rings. The smallest absolute Gasteiger partial charge is 0.308 e. The van der Waals surface area contributed by atoms with Crippen molar-refractivity contribution < 1.29 is 15.3 Å². The maximum atomic E-state index is 11.6. The van der Waals surface area contributed by atoms with Crippen LogP contribution in [-0.4, -0.2) is 13.1 Å². The summed E-state index contributed by atoms with van der Waals surface area (Å²) >= 11 is 4.56. The van der Waals surface area contributed by atoms with Crippen molar-refractivity contribution in [1.29, 1.82) is 0 Å². The molecule has 2 rings (SSSR count). The highest BCUT2D eigenvalue weighted by molar-refractivity contribution is 7.80. The molecule has 0 heterocycles. The molecule has 1 atom stereocenters. The lowest BCUT2D eigenvalue weighted by Gasteiger charge is -2.36. The minimum atomic E-state index is -0.153. The number of hydrogen-bond donors (Lipinski definition) is 2. The van der Waals surface area contributed by atoms with Gasteiger partial charge < -0.3 is 10.5 Å². The maximum Gasteiger partial charge on any atom is 0.308 e. The molecule has 0 saturated heterocycles.